The highest BCUT2D eigenvalue weighted by atomic mass is 79.9. The van der Waals surface area contributed by atoms with Gasteiger partial charge in [-0.2, -0.15) is 0 Å². The first-order chi connectivity index (χ1) is 9.56. The van der Waals surface area contributed by atoms with Crippen LogP contribution in [0.1, 0.15) is 10.4 Å². The molecule has 0 aliphatic heterocycles. The number of carbonyl (C=O) groups is 1. The highest BCUT2D eigenvalue weighted by Gasteiger charge is 2.09. The maximum Gasteiger partial charge on any atom is 0.257 e. The van der Waals surface area contributed by atoms with Gasteiger partial charge in [-0.15, -0.1) is 0 Å². The quantitative estimate of drug-likeness (QED) is 0.809. The molecule has 0 bridgehead atoms. The van der Waals surface area contributed by atoms with Crippen LogP contribution < -0.4 is 10.6 Å². The zero-order valence-electron chi connectivity index (χ0n) is 10.2. The molecule has 0 saturated carbocycles. The SMILES string of the molecule is O=C(NC(=S)Nc1cc(F)ccc1Br)c1ccccc1. The summed E-state index contributed by atoms with van der Waals surface area (Å²) in [5, 5.41) is 5.40. The lowest BCUT2D eigenvalue weighted by atomic mass is 10.2. The Labute approximate surface area is 129 Å². The van der Waals surface area contributed by atoms with Crippen molar-refractivity contribution in [3.8, 4) is 0 Å². The number of halogens is 2. The van der Waals surface area contributed by atoms with Gasteiger partial charge >= 0.3 is 0 Å². The standard InChI is InChI=1S/C14H10BrFN2OS/c15-11-7-6-10(16)8-12(11)17-14(20)18-13(19)9-4-2-1-3-5-9/h1-8H,(H2,17,18,19,20). The molecule has 0 fully saturated rings. The van der Waals surface area contributed by atoms with Crippen LogP contribution in [0.15, 0.2) is 53.0 Å². The van der Waals surface area contributed by atoms with Crippen molar-refractivity contribution in [3.05, 3.63) is 64.4 Å². The predicted molar refractivity (Wildman–Crippen MR) is 84.2 cm³/mol. The molecule has 0 saturated heterocycles. The molecule has 0 aliphatic rings. The zero-order valence-corrected chi connectivity index (χ0v) is 12.6. The van der Waals surface area contributed by atoms with Crippen LogP contribution in [-0.2, 0) is 0 Å². The molecule has 0 radical (unpaired) electrons. The van der Waals surface area contributed by atoms with Crippen molar-refractivity contribution in [2.75, 3.05) is 5.32 Å². The maximum absolute atomic E-state index is 13.1. The summed E-state index contributed by atoms with van der Waals surface area (Å²) < 4.78 is 13.8. The first-order valence-electron chi connectivity index (χ1n) is 5.68. The van der Waals surface area contributed by atoms with Crippen LogP contribution in [0.25, 0.3) is 0 Å². The van der Waals surface area contributed by atoms with Crippen molar-refractivity contribution < 1.29 is 9.18 Å². The minimum Gasteiger partial charge on any atom is -0.331 e. The monoisotopic (exact) mass is 352 g/mol. The topological polar surface area (TPSA) is 41.1 Å². The van der Waals surface area contributed by atoms with Gasteiger partial charge in [0.2, 0.25) is 0 Å². The molecule has 2 aromatic carbocycles. The highest BCUT2D eigenvalue weighted by Crippen LogP contribution is 2.22. The first kappa shape index (κ1) is 14.6. The molecule has 2 rings (SSSR count). The molecule has 0 aromatic heterocycles. The van der Waals surface area contributed by atoms with Gasteiger partial charge in [-0.25, -0.2) is 4.39 Å². The molecule has 20 heavy (non-hydrogen) atoms. The van der Waals surface area contributed by atoms with E-state index < -0.39 is 5.82 Å². The maximum atomic E-state index is 13.1. The molecule has 102 valence electrons. The van der Waals surface area contributed by atoms with E-state index in [1.54, 1.807) is 30.3 Å². The van der Waals surface area contributed by atoms with Gasteiger partial charge in [-0.3, -0.25) is 10.1 Å². The number of carbonyl (C=O) groups excluding carboxylic acids is 1. The number of thiocarbonyl (C=S) groups is 1. The Morgan fingerprint density at radius 3 is 2.55 bits per heavy atom. The van der Waals surface area contributed by atoms with Crippen LogP contribution in [0.5, 0.6) is 0 Å². The Morgan fingerprint density at radius 2 is 1.85 bits per heavy atom. The van der Waals surface area contributed by atoms with Crippen LogP contribution >= 0.6 is 28.1 Å². The summed E-state index contributed by atoms with van der Waals surface area (Å²) >= 11 is 8.30. The Balaban J connectivity index is 2.03. The van der Waals surface area contributed by atoms with Crippen molar-refractivity contribution in [2.24, 2.45) is 0 Å². The third-order valence-electron chi connectivity index (χ3n) is 2.44. The number of hydrogen-bond donors (Lipinski definition) is 2. The Hall–Kier alpha value is -1.79. The summed E-state index contributed by atoms with van der Waals surface area (Å²) in [7, 11) is 0. The fourth-order valence-corrected chi connectivity index (χ4v) is 2.06. The van der Waals surface area contributed by atoms with E-state index in [2.05, 4.69) is 26.6 Å². The molecule has 6 heteroatoms. The Bertz CT molecular complexity index is 649. The summed E-state index contributed by atoms with van der Waals surface area (Å²) in [5.41, 5.74) is 0.943. The van der Waals surface area contributed by atoms with Crippen molar-refractivity contribution in [1.82, 2.24) is 5.32 Å². The highest BCUT2D eigenvalue weighted by molar-refractivity contribution is 9.10. The van der Waals surface area contributed by atoms with Crippen molar-refractivity contribution in [3.63, 3.8) is 0 Å². The number of amides is 1. The number of rotatable bonds is 2. The summed E-state index contributed by atoms with van der Waals surface area (Å²) in [6.07, 6.45) is 0. The molecule has 2 aromatic rings. The van der Waals surface area contributed by atoms with E-state index in [1.807, 2.05) is 6.07 Å². The van der Waals surface area contributed by atoms with Gasteiger partial charge in [-0.05, 0) is 58.5 Å². The fraction of sp³-hybridized carbons (Fsp3) is 0. The first-order valence-corrected chi connectivity index (χ1v) is 6.89. The lowest BCUT2D eigenvalue weighted by molar-refractivity contribution is 0.0978. The van der Waals surface area contributed by atoms with E-state index in [4.69, 9.17) is 12.2 Å². The average Bonchev–Trinajstić information content (AvgIpc) is 2.43. The molecule has 0 unspecified atom stereocenters. The lowest BCUT2D eigenvalue weighted by Crippen LogP contribution is -2.34. The second-order valence-electron chi connectivity index (χ2n) is 3.90. The van der Waals surface area contributed by atoms with Crippen LogP contribution in [-0.4, -0.2) is 11.0 Å². The molecule has 3 nitrogen and oxygen atoms in total. The Morgan fingerprint density at radius 1 is 1.15 bits per heavy atom. The van der Waals surface area contributed by atoms with Gasteiger partial charge in [0.15, 0.2) is 5.11 Å². The second-order valence-corrected chi connectivity index (χ2v) is 5.16. The van der Waals surface area contributed by atoms with Crippen molar-refractivity contribution in [1.29, 1.82) is 0 Å². The smallest absolute Gasteiger partial charge is 0.257 e. The summed E-state index contributed by atoms with van der Waals surface area (Å²) in [6.45, 7) is 0. The largest absolute Gasteiger partial charge is 0.331 e. The van der Waals surface area contributed by atoms with Crippen molar-refractivity contribution in [2.45, 2.75) is 0 Å². The summed E-state index contributed by atoms with van der Waals surface area (Å²) in [5.74, 6) is -0.719. The van der Waals surface area contributed by atoms with Crippen LogP contribution in [0, 0.1) is 5.82 Å². The number of benzene rings is 2. The molecule has 0 atom stereocenters. The zero-order chi connectivity index (χ0) is 14.5. The molecule has 0 heterocycles. The number of hydrogen-bond acceptors (Lipinski definition) is 2. The molecule has 0 spiro atoms. The van der Waals surface area contributed by atoms with Crippen LogP contribution in [0.4, 0.5) is 10.1 Å². The molecular weight excluding hydrogens is 343 g/mol. The van der Waals surface area contributed by atoms with E-state index in [-0.39, 0.29) is 11.0 Å². The minimum atomic E-state index is -0.395. The van der Waals surface area contributed by atoms with Gasteiger partial charge in [0.05, 0.1) is 5.69 Å². The van der Waals surface area contributed by atoms with Crippen LogP contribution in [0.2, 0.25) is 0 Å². The van der Waals surface area contributed by atoms with E-state index in [0.717, 1.165) is 0 Å². The molecular formula is C14H10BrFN2OS. The molecule has 1 amide bonds. The number of anilines is 1. The van der Waals surface area contributed by atoms with E-state index in [1.165, 1.54) is 12.1 Å². The third kappa shape index (κ3) is 3.85. The minimum absolute atomic E-state index is 0.102. The van der Waals surface area contributed by atoms with Gasteiger partial charge < -0.3 is 5.32 Å². The molecule has 0 aliphatic carbocycles. The van der Waals surface area contributed by atoms with Gasteiger partial charge in [-0.1, -0.05) is 18.2 Å². The predicted octanol–water partition coefficient (Wildman–Crippen LogP) is 3.72. The van der Waals surface area contributed by atoms with Crippen LogP contribution in [0.3, 0.4) is 0 Å². The normalized spacial score (nSPS) is 9.90. The van der Waals surface area contributed by atoms with E-state index >= 15 is 0 Å². The fourth-order valence-electron chi connectivity index (χ4n) is 1.51. The van der Waals surface area contributed by atoms with E-state index in [0.29, 0.717) is 15.7 Å². The second kappa shape index (κ2) is 6.58. The van der Waals surface area contributed by atoms with E-state index in [9.17, 15) is 9.18 Å². The van der Waals surface area contributed by atoms with Gasteiger partial charge in [0.25, 0.3) is 5.91 Å². The Kier molecular flexibility index (Phi) is 4.81. The lowest BCUT2D eigenvalue weighted by Gasteiger charge is -2.11. The van der Waals surface area contributed by atoms with Gasteiger partial charge in [0.1, 0.15) is 5.82 Å². The summed E-state index contributed by atoms with van der Waals surface area (Å²) in [4.78, 5) is 11.9. The van der Waals surface area contributed by atoms with Crippen molar-refractivity contribution >= 4 is 44.9 Å². The average molecular weight is 353 g/mol. The molecule has 2 N–H and O–H groups in total. The summed E-state index contributed by atoms with van der Waals surface area (Å²) in [6, 6.07) is 12.8. The third-order valence-corrected chi connectivity index (χ3v) is 3.34. The van der Waals surface area contributed by atoms with Gasteiger partial charge in [0, 0.05) is 10.0 Å². The number of nitrogens with one attached hydrogen (secondary N) is 2.